The van der Waals surface area contributed by atoms with Gasteiger partial charge in [0.1, 0.15) is 0 Å². The fraction of sp³-hybridized carbons (Fsp3) is 0.476. The molecule has 5 nitrogen and oxygen atoms in total. The molecular weight excluding hydrogens is 392 g/mol. The summed E-state index contributed by atoms with van der Waals surface area (Å²) in [6, 6.07) is 13.0. The number of hydrogen-bond acceptors (Lipinski definition) is 4. The van der Waals surface area contributed by atoms with Crippen LogP contribution in [0.4, 0.5) is 0 Å². The number of carbonyl (C=O) groups excluding carboxylic acids is 1. The van der Waals surface area contributed by atoms with Gasteiger partial charge in [0.2, 0.25) is 15.9 Å². The summed E-state index contributed by atoms with van der Waals surface area (Å²) >= 11 is 1.68. The molecular formula is C21H28N2O3S2. The van der Waals surface area contributed by atoms with Gasteiger partial charge >= 0.3 is 0 Å². The SMILES string of the molecule is CCCCSC(C)C(=O)N1CCN(S(=O)(=O)c2ccc3ccccc3c2)CC1. The van der Waals surface area contributed by atoms with Crippen LogP contribution in [-0.2, 0) is 14.8 Å². The second-order valence-corrected chi connectivity index (χ2v) is 10.5. The number of sulfonamides is 1. The Morgan fingerprint density at radius 3 is 2.43 bits per heavy atom. The predicted molar refractivity (Wildman–Crippen MR) is 116 cm³/mol. The van der Waals surface area contributed by atoms with E-state index in [2.05, 4.69) is 6.92 Å². The molecule has 2 aromatic rings. The van der Waals surface area contributed by atoms with Gasteiger partial charge in [-0.25, -0.2) is 8.42 Å². The van der Waals surface area contributed by atoms with E-state index >= 15 is 0 Å². The molecule has 28 heavy (non-hydrogen) atoms. The molecule has 1 atom stereocenters. The molecule has 0 spiro atoms. The lowest BCUT2D eigenvalue weighted by molar-refractivity contribution is -0.131. The molecule has 0 saturated carbocycles. The second kappa shape index (κ2) is 9.29. The maximum atomic E-state index is 13.0. The van der Waals surface area contributed by atoms with Crippen molar-refractivity contribution in [3.8, 4) is 0 Å². The molecule has 0 bridgehead atoms. The lowest BCUT2D eigenvalue weighted by Gasteiger charge is -2.35. The number of benzene rings is 2. The molecule has 1 aliphatic rings. The smallest absolute Gasteiger partial charge is 0.243 e. The van der Waals surface area contributed by atoms with Gasteiger partial charge in [-0.2, -0.15) is 4.31 Å². The van der Waals surface area contributed by atoms with Gasteiger partial charge in [0.15, 0.2) is 0 Å². The third kappa shape index (κ3) is 4.70. The summed E-state index contributed by atoms with van der Waals surface area (Å²) < 4.78 is 27.6. The molecule has 1 aliphatic heterocycles. The fourth-order valence-corrected chi connectivity index (χ4v) is 5.92. The van der Waals surface area contributed by atoms with Crippen LogP contribution in [-0.4, -0.2) is 60.7 Å². The molecule has 2 aromatic carbocycles. The third-order valence-corrected chi connectivity index (χ3v) is 8.24. The van der Waals surface area contributed by atoms with Gasteiger partial charge in [-0.15, -0.1) is 11.8 Å². The summed E-state index contributed by atoms with van der Waals surface area (Å²) in [5.74, 6) is 1.10. The molecule has 1 heterocycles. The Morgan fingerprint density at radius 1 is 1.07 bits per heavy atom. The summed E-state index contributed by atoms with van der Waals surface area (Å²) in [5, 5.41) is 1.86. The van der Waals surface area contributed by atoms with Crippen LogP contribution in [0, 0.1) is 0 Å². The first-order chi connectivity index (χ1) is 13.4. The molecule has 1 unspecified atom stereocenters. The van der Waals surface area contributed by atoms with E-state index < -0.39 is 10.0 Å². The van der Waals surface area contributed by atoms with E-state index in [1.807, 2.05) is 37.3 Å². The van der Waals surface area contributed by atoms with Crippen LogP contribution in [0.15, 0.2) is 47.4 Å². The molecule has 0 aromatic heterocycles. The van der Waals surface area contributed by atoms with Crippen molar-refractivity contribution in [1.82, 2.24) is 9.21 Å². The number of rotatable bonds is 7. The minimum absolute atomic E-state index is 0.0739. The van der Waals surface area contributed by atoms with E-state index in [0.29, 0.717) is 31.1 Å². The highest BCUT2D eigenvalue weighted by atomic mass is 32.2. The zero-order valence-electron chi connectivity index (χ0n) is 16.5. The molecule has 1 saturated heterocycles. The first kappa shape index (κ1) is 21.1. The van der Waals surface area contributed by atoms with Gasteiger partial charge in [-0.1, -0.05) is 43.7 Å². The predicted octanol–water partition coefficient (Wildman–Crippen LogP) is 3.59. The van der Waals surface area contributed by atoms with Crippen LogP contribution in [0.5, 0.6) is 0 Å². The lowest BCUT2D eigenvalue weighted by atomic mass is 10.1. The molecule has 0 radical (unpaired) electrons. The average molecular weight is 421 g/mol. The number of nitrogens with zero attached hydrogens (tertiary/aromatic N) is 2. The summed E-state index contributed by atoms with van der Waals surface area (Å²) in [4.78, 5) is 14.7. The Bertz CT molecular complexity index is 922. The summed E-state index contributed by atoms with van der Waals surface area (Å²) in [7, 11) is -3.55. The number of fused-ring (bicyclic) bond motifs is 1. The van der Waals surface area contributed by atoms with Crippen LogP contribution >= 0.6 is 11.8 Å². The van der Waals surface area contributed by atoms with Crippen LogP contribution in [0.2, 0.25) is 0 Å². The van der Waals surface area contributed by atoms with Crippen molar-refractivity contribution in [2.45, 2.75) is 36.8 Å². The number of piperazine rings is 1. The number of unbranched alkanes of at least 4 members (excludes halogenated alkanes) is 1. The molecule has 0 aliphatic carbocycles. The monoisotopic (exact) mass is 420 g/mol. The van der Waals surface area contributed by atoms with E-state index in [-0.39, 0.29) is 11.2 Å². The lowest BCUT2D eigenvalue weighted by Crippen LogP contribution is -2.52. The van der Waals surface area contributed by atoms with Crippen molar-refractivity contribution in [1.29, 1.82) is 0 Å². The maximum absolute atomic E-state index is 13.0. The third-order valence-electron chi connectivity index (χ3n) is 5.12. The van der Waals surface area contributed by atoms with Crippen molar-refractivity contribution in [3.63, 3.8) is 0 Å². The Balaban J connectivity index is 1.63. The highest BCUT2D eigenvalue weighted by molar-refractivity contribution is 8.00. The number of thioether (sulfide) groups is 1. The van der Waals surface area contributed by atoms with Crippen molar-refractivity contribution in [2.24, 2.45) is 0 Å². The molecule has 1 amide bonds. The van der Waals surface area contributed by atoms with Gasteiger partial charge in [-0.05, 0) is 42.0 Å². The quantitative estimate of drug-likeness (QED) is 0.642. The normalized spacial score (nSPS) is 17.0. The molecule has 0 N–H and O–H groups in total. The minimum atomic E-state index is -3.55. The molecule has 7 heteroatoms. The van der Waals surface area contributed by atoms with Gasteiger partial charge in [0.25, 0.3) is 0 Å². The highest BCUT2D eigenvalue weighted by Crippen LogP contribution is 2.23. The largest absolute Gasteiger partial charge is 0.339 e. The van der Waals surface area contributed by atoms with Gasteiger partial charge in [0.05, 0.1) is 10.1 Å². The van der Waals surface area contributed by atoms with Crippen LogP contribution in [0.3, 0.4) is 0 Å². The Labute approximate surface area is 172 Å². The Kier molecular flexibility index (Phi) is 7.01. The minimum Gasteiger partial charge on any atom is -0.339 e. The molecule has 152 valence electrons. The molecule has 3 rings (SSSR count). The Hall–Kier alpha value is -1.57. The summed E-state index contributed by atoms with van der Waals surface area (Å²) in [6.45, 7) is 5.66. The summed E-state index contributed by atoms with van der Waals surface area (Å²) in [5.41, 5.74) is 0. The van der Waals surface area contributed by atoms with Gasteiger partial charge in [0, 0.05) is 26.2 Å². The topological polar surface area (TPSA) is 57.7 Å². The second-order valence-electron chi connectivity index (χ2n) is 7.10. The molecule has 1 fully saturated rings. The number of hydrogen-bond donors (Lipinski definition) is 0. The van der Waals surface area contributed by atoms with E-state index in [1.54, 1.807) is 28.8 Å². The standard InChI is InChI=1S/C21H28N2O3S2/c1-3-4-15-27-17(2)21(24)22-11-13-23(14-12-22)28(25,26)20-10-9-18-7-5-6-8-19(18)16-20/h5-10,16-17H,3-4,11-15H2,1-2H3. The van der Waals surface area contributed by atoms with Crippen LogP contribution in [0.25, 0.3) is 10.8 Å². The van der Waals surface area contributed by atoms with Crippen molar-refractivity contribution in [2.75, 3.05) is 31.9 Å². The Morgan fingerprint density at radius 2 is 1.75 bits per heavy atom. The number of amides is 1. The van der Waals surface area contributed by atoms with E-state index in [9.17, 15) is 13.2 Å². The van der Waals surface area contributed by atoms with Crippen LogP contribution < -0.4 is 0 Å². The van der Waals surface area contributed by atoms with Gasteiger partial charge < -0.3 is 4.90 Å². The van der Waals surface area contributed by atoms with E-state index in [4.69, 9.17) is 0 Å². The zero-order chi connectivity index (χ0) is 20.1. The van der Waals surface area contributed by atoms with Crippen molar-refractivity contribution >= 4 is 38.5 Å². The van der Waals surface area contributed by atoms with Crippen LogP contribution in [0.1, 0.15) is 26.7 Å². The van der Waals surface area contributed by atoms with E-state index in [0.717, 1.165) is 29.4 Å². The average Bonchev–Trinajstić information content (AvgIpc) is 2.73. The first-order valence-electron chi connectivity index (χ1n) is 9.83. The van der Waals surface area contributed by atoms with Crippen molar-refractivity contribution < 1.29 is 13.2 Å². The fourth-order valence-electron chi connectivity index (χ4n) is 3.36. The first-order valence-corrected chi connectivity index (χ1v) is 12.3. The van der Waals surface area contributed by atoms with Crippen molar-refractivity contribution in [3.05, 3.63) is 42.5 Å². The van der Waals surface area contributed by atoms with Gasteiger partial charge in [-0.3, -0.25) is 4.79 Å². The number of carbonyl (C=O) groups is 1. The summed E-state index contributed by atoms with van der Waals surface area (Å²) in [6.07, 6.45) is 2.24. The highest BCUT2D eigenvalue weighted by Gasteiger charge is 2.31. The van der Waals surface area contributed by atoms with E-state index in [1.165, 1.54) is 4.31 Å². The zero-order valence-corrected chi connectivity index (χ0v) is 18.1. The maximum Gasteiger partial charge on any atom is 0.243 e.